The van der Waals surface area contributed by atoms with Gasteiger partial charge in [-0.15, -0.1) is 0 Å². The summed E-state index contributed by atoms with van der Waals surface area (Å²) in [7, 11) is -3.73. The third-order valence-corrected chi connectivity index (χ3v) is 7.82. The van der Waals surface area contributed by atoms with Gasteiger partial charge < -0.3 is 10.2 Å². The molecule has 0 aliphatic carbocycles. The SMILES string of the molecule is CC1CS(=O)(=O)N(c2ccc(C(=O)Nc3ccc(N4CCCCC4)cc3)c(Cl)c2)C1=O. The average Bonchev–Trinajstić information content (AvgIpc) is 2.95. The number of carbonyl (C=O) groups excluding carboxylic acids is 2. The van der Waals surface area contributed by atoms with Crippen LogP contribution in [0.15, 0.2) is 42.5 Å². The molecule has 164 valence electrons. The van der Waals surface area contributed by atoms with Gasteiger partial charge in [-0.2, -0.15) is 0 Å². The second kappa shape index (κ2) is 8.51. The van der Waals surface area contributed by atoms with Gasteiger partial charge in [0.05, 0.1) is 27.9 Å². The zero-order valence-corrected chi connectivity index (χ0v) is 18.7. The number of nitrogens with zero attached hydrogens (tertiary/aromatic N) is 2. The van der Waals surface area contributed by atoms with Crippen molar-refractivity contribution in [3.05, 3.63) is 53.1 Å². The quantitative estimate of drug-likeness (QED) is 0.746. The van der Waals surface area contributed by atoms with Crippen LogP contribution in [0.3, 0.4) is 0 Å². The fourth-order valence-electron chi connectivity index (χ4n) is 4.01. The van der Waals surface area contributed by atoms with Crippen molar-refractivity contribution >= 4 is 50.5 Å². The molecule has 2 aromatic carbocycles. The van der Waals surface area contributed by atoms with E-state index in [-0.39, 0.29) is 22.0 Å². The molecule has 1 N–H and O–H groups in total. The molecule has 4 rings (SSSR count). The number of nitrogens with one attached hydrogen (secondary N) is 1. The number of rotatable bonds is 4. The lowest BCUT2D eigenvalue weighted by Crippen LogP contribution is -2.30. The van der Waals surface area contributed by atoms with E-state index in [9.17, 15) is 18.0 Å². The maximum absolute atomic E-state index is 12.7. The highest BCUT2D eigenvalue weighted by molar-refractivity contribution is 7.94. The third-order valence-electron chi connectivity index (χ3n) is 5.64. The molecule has 0 bridgehead atoms. The Kier molecular flexibility index (Phi) is 5.94. The first-order valence-corrected chi connectivity index (χ1v) is 12.3. The van der Waals surface area contributed by atoms with Crippen LogP contribution < -0.4 is 14.5 Å². The summed E-state index contributed by atoms with van der Waals surface area (Å²) in [5, 5.41) is 2.88. The van der Waals surface area contributed by atoms with Crippen molar-refractivity contribution in [1.82, 2.24) is 0 Å². The maximum Gasteiger partial charge on any atom is 0.257 e. The lowest BCUT2D eigenvalue weighted by atomic mass is 10.1. The third kappa shape index (κ3) is 4.41. The molecule has 2 aliphatic rings. The molecule has 2 amide bonds. The fraction of sp³-hybridized carbons (Fsp3) is 0.364. The minimum absolute atomic E-state index is 0.0717. The summed E-state index contributed by atoms with van der Waals surface area (Å²) in [6.45, 7) is 3.66. The van der Waals surface area contributed by atoms with E-state index in [0.717, 1.165) is 23.1 Å². The van der Waals surface area contributed by atoms with Crippen LogP contribution in [0.2, 0.25) is 5.02 Å². The van der Waals surface area contributed by atoms with Gasteiger partial charge in [0.1, 0.15) is 0 Å². The summed E-state index contributed by atoms with van der Waals surface area (Å²) in [5.41, 5.74) is 2.10. The van der Waals surface area contributed by atoms with Crippen LogP contribution >= 0.6 is 11.6 Å². The molecule has 2 aliphatic heterocycles. The molecule has 0 saturated carbocycles. The normalized spacial score (nSPS) is 20.7. The van der Waals surface area contributed by atoms with E-state index in [2.05, 4.69) is 10.2 Å². The Bertz CT molecular complexity index is 1110. The number of piperidine rings is 1. The molecule has 1 unspecified atom stereocenters. The smallest absolute Gasteiger partial charge is 0.257 e. The van der Waals surface area contributed by atoms with E-state index in [1.54, 1.807) is 6.92 Å². The number of amides is 2. The molecule has 31 heavy (non-hydrogen) atoms. The first kappa shape index (κ1) is 21.6. The first-order valence-electron chi connectivity index (χ1n) is 10.3. The lowest BCUT2D eigenvalue weighted by Gasteiger charge is -2.28. The van der Waals surface area contributed by atoms with Crippen molar-refractivity contribution in [1.29, 1.82) is 0 Å². The van der Waals surface area contributed by atoms with Crippen molar-refractivity contribution in [3.63, 3.8) is 0 Å². The summed E-state index contributed by atoms with van der Waals surface area (Å²) < 4.78 is 25.3. The number of halogens is 1. The van der Waals surface area contributed by atoms with Gasteiger partial charge in [-0.3, -0.25) is 9.59 Å². The molecule has 0 aromatic heterocycles. The molecular formula is C22H24ClN3O4S. The van der Waals surface area contributed by atoms with Crippen LogP contribution in [0.5, 0.6) is 0 Å². The molecule has 2 saturated heterocycles. The van der Waals surface area contributed by atoms with E-state index in [0.29, 0.717) is 5.69 Å². The highest BCUT2D eigenvalue weighted by Crippen LogP contribution is 2.32. The summed E-state index contributed by atoms with van der Waals surface area (Å²) in [6, 6.07) is 11.9. The van der Waals surface area contributed by atoms with Gasteiger partial charge in [0.15, 0.2) is 0 Å². The van der Waals surface area contributed by atoms with E-state index in [1.165, 1.54) is 37.5 Å². The van der Waals surface area contributed by atoms with Crippen LogP contribution in [0.1, 0.15) is 36.5 Å². The van der Waals surface area contributed by atoms with Crippen LogP contribution in [-0.2, 0) is 14.8 Å². The van der Waals surface area contributed by atoms with Gasteiger partial charge >= 0.3 is 0 Å². The molecular weight excluding hydrogens is 438 g/mol. The number of hydrogen-bond acceptors (Lipinski definition) is 5. The molecule has 1 atom stereocenters. The Labute approximate surface area is 187 Å². The largest absolute Gasteiger partial charge is 0.372 e. The zero-order chi connectivity index (χ0) is 22.2. The monoisotopic (exact) mass is 461 g/mol. The molecule has 2 aromatic rings. The van der Waals surface area contributed by atoms with Crippen molar-refractivity contribution in [2.24, 2.45) is 5.92 Å². The Morgan fingerprint density at radius 3 is 2.26 bits per heavy atom. The summed E-state index contributed by atoms with van der Waals surface area (Å²) >= 11 is 6.27. The maximum atomic E-state index is 12.7. The van der Waals surface area contributed by atoms with Gasteiger partial charge in [0, 0.05) is 24.5 Å². The Balaban J connectivity index is 1.48. The van der Waals surface area contributed by atoms with Gasteiger partial charge in [-0.25, -0.2) is 12.7 Å². The highest BCUT2D eigenvalue weighted by atomic mass is 35.5. The highest BCUT2D eigenvalue weighted by Gasteiger charge is 2.42. The van der Waals surface area contributed by atoms with Gasteiger partial charge in [0.25, 0.3) is 5.91 Å². The number of carbonyl (C=O) groups is 2. The molecule has 2 fully saturated rings. The molecule has 0 spiro atoms. The average molecular weight is 462 g/mol. The van der Waals surface area contributed by atoms with Gasteiger partial charge in [-0.1, -0.05) is 18.5 Å². The second-order valence-electron chi connectivity index (χ2n) is 8.00. The number of hydrogen-bond donors (Lipinski definition) is 1. The van der Waals surface area contributed by atoms with Crippen LogP contribution in [-0.4, -0.2) is 39.1 Å². The van der Waals surface area contributed by atoms with E-state index >= 15 is 0 Å². The molecule has 2 heterocycles. The minimum Gasteiger partial charge on any atom is -0.372 e. The predicted molar refractivity (Wildman–Crippen MR) is 122 cm³/mol. The van der Waals surface area contributed by atoms with Crippen LogP contribution in [0.4, 0.5) is 17.1 Å². The number of sulfonamides is 1. The van der Waals surface area contributed by atoms with Crippen molar-refractivity contribution in [2.75, 3.05) is 33.4 Å². The second-order valence-corrected chi connectivity index (χ2v) is 10.3. The first-order chi connectivity index (χ1) is 14.8. The standard InChI is InChI=1S/C22H24ClN3O4S/c1-15-14-31(29,30)26(22(15)28)18-9-10-19(20(23)13-18)21(27)24-16-5-7-17(8-6-16)25-11-3-2-4-12-25/h5-10,13,15H,2-4,11-12,14H2,1H3,(H,24,27). The Morgan fingerprint density at radius 1 is 1.03 bits per heavy atom. The Hall–Kier alpha value is -2.58. The van der Waals surface area contributed by atoms with E-state index in [4.69, 9.17) is 11.6 Å². The molecule has 9 heteroatoms. The van der Waals surface area contributed by atoms with Gasteiger partial charge in [0.2, 0.25) is 15.9 Å². The van der Waals surface area contributed by atoms with Crippen molar-refractivity contribution in [3.8, 4) is 0 Å². The lowest BCUT2D eigenvalue weighted by molar-refractivity contribution is -0.119. The number of benzene rings is 2. The van der Waals surface area contributed by atoms with Crippen molar-refractivity contribution < 1.29 is 18.0 Å². The predicted octanol–water partition coefficient (Wildman–Crippen LogP) is 3.90. The number of anilines is 3. The summed E-state index contributed by atoms with van der Waals surface area (Å²) in [5.74, 6) is -1.76. The summed E-state index contributed by atoms with van der Waals surface area (Å²) in [6.07, 6.45) is 3.65. The fourth-order valence-corrected chi connectivity index (χ4v) is 6.08. The molecule has 7 nitrogen and oxygen atoms in total. The minimum atomic E-state index is -3.73. The molecule has 0 radical (unpaired) electrons. The zero-order valence-electron chi connectivity index (χ0n) is 17.2. The van der Waals surface area contributed by atoms with Crippen LogP contribution in [0, 0.1) is 5.92 Å². The van der Waals surface area contributed by atoms with Gasteiger partial charge in [-0.05, 0) is 61.7 Å². The van der Waals surface area contributed by atoms with Crippen molar-refractivity contribution in [2.45, 2.75) is 26.2 Å². The van der Waals surface area contributed by atoms with E-state index < -0.39 is 27.8 Å². The van der Waals surface area contributed by atoms with Crippen LogP contribution in [0.25, 0.3) is 0 Å². The Morgan fingerprint density at radius 2 is 1.68 bits per heavy atom. The van der Waals surface area contributed by atoms with E-state index in [1.807, 2.05) is 24.3 Å². The summed E-state index contributed by atoms with van der Waals surface area (Å²) in [4.78, 5) is 27.3. The topological polar surface area (TPSA) is 86.8 Å².